The molecule has 42 heavy (non-hydrogen) atoms. The molecule has 0 N–H and O–H groups in total. The van der Waals surface area contributed by atoms with Gasteiger partial charge in [-0.15, -0.1) is 0 Å². The van der Waals surface area contributed by atoms with E-state index in [1.54, 1.807) is 0 Å². The van der Waals surface area contributed by atoms with Gasteiger partial charge >= 0.3 is 0 Å². The van der Waals surface area contributed by atoms with Crippen molar-refractivity contribution in [2.45, 2.75) is 19.4 Å². The number of hydrogen-bond acceptors (Lipinski definition) is 4. The molecule has 5 nitrogen and oxygen atoms in total. The van der Waals surface area contributed by atoms with E-state index < -0.39 is 0 Å². The Morgan fingerprint density at radius 3 is 1.50 bits per heavy atom. The van der Waals surface area contributed by atoms with E-state index in [9.17, 15) is 0 Å². The zero-order valence-corrected chi connectivity index (χ0v) is 24.1. The average molecular weight is 550 g/mol. The summed E-state index contributed by atoms with van der Waals surface area (Å²) < 4.78 is 2.46. The highest BCUT2D eigenvalue weighted by molar-refractivity contribution is 6.11. The summed E-state index contributed by atoms with van der Waals surface area (Å²) in [6.07, 6.45) is 5.99. The number of hydrazone groups is 2. The maximum atomic E-state index is 4.71. The van der Waals surface area contributed by atoms with E-state index in [-0.39, 0.29) is 0 Å². The fourth-order valence-corrected chi connectivity index (χ4v) is 5.35. The van der Waals surface area contributed by atoms with Gasteiger partial charge in [0.15, 0.2) is 0 Å². The predicted molar refractivity (Wildman–Crippen MR) is 179 cm³/mol. The topological polar surface area (TPSA) is 36.1 Å². The summed E-state index contributed by atoms with van der Waals surface area (Å²) in [7, 11) is 3.95. The first-order valence-electron chi connectivity index (χ1n) is 14.4. The second-order valence-electron chi connectivity index (χ2n) is 10.5. The lowest BCUT2D eigenvalue weighted by Crippen LogP contribution is -2.08. The second kappa shape index (κ2) is 12.6. The van der Waals surface area contributed by atoms with Crippen LogP contribution in [0.5, 0.6) is 0 Å². The number of nitrogens with zero attached hydrogens (tertiary/aromatic N) is 5. The van der Waals surface area contributed by atoms with Crippen LogP contribution in [-0.2, 0) is 13.0 Å². The molecule has 0 spiro atoms. The van der Waals surface area contributed by atoms with Gasteiger partial charge in [0, 0.05) is 42.4 Å². The lowest BCUT2D eigenvalue weighted by molar-refractivity contribution is 0.678. The largest absolute Gasteiger partial charge is 0.340 e. The normalized spacial score (nSPS) is 11.7. The van der Waals surface area contributed by atoms with Crippen molar-refractivity contribution in [1.29, 1.82) is 0 Å². The molecule has 0 unspecified atom stereocenters. The molecule has 5 aromatic carbocycles. The highest BCUT2D eigenvalue weighted by Gasteiger charge is 2.12. The minimum absolute atomic E-state index is 0.948. The number of rotatable bonds is 10. The first-order chi connectivity index (χ1) is 20.7. The molecule has 6 aromatic rings. The Morgan fingerprint density at radius 1 is 0.571 bits per heavy atom. The van der Waals surface area contributed by atoms with Crippen molar-refractivity contribution in [3.8, 4) is 0 Å². The summed E-state index contributed by atoms with van der Waals surface area (Å²) in [4.78, 5) is 0. The Bertz CT molecular complexity index is 1710. The highest BCUT2D eigenvalue weighted by atomic mass is 15.4. The summed E-state index contributed by atoms with van der Waals surface area (Å²) in [6.45, 7) is 0.948. The van der Waals surface area contributed by atoms with E-state index in [4.69, 9.17) is 10.2 Å². The van der Waals surface area contributed by atoms with Crippen molar-refractivity contribution in [1.82, 2.24) is 4.57 Å². The van der Waals surface area contributed by atoms with Gasteiger partial charge in [-0.2, -0.15) is 10.2 Å². The van der Waals surface area contributed by atoms with Crippen LogP contribution in [0.2, 0.25) is 0 Å². The number of aryl methyl sites for hydroxylation is 2. The molecule has 0 aliphatic carbocycles. The highest BCUT2D eigenvalue weighted by Crippen LogP contribution is 2.31. The second-order valence-corrected chi connectivity index (χ2v) is 10.5. The molecule has 0 radical (unpaired) electrons. The van der Waals surface area contributed by atoms with Gasteiger partial charge in [0.25, 0.3) is 0 Å². The van der Waals surface area contributed by atoms with E-state index in [1.165, 1.54) is 27.4 Å². The Labute approximate surface area is 247 Å². The van der Waals surface area contributed by atoms with Crippen molar-refractivity contribution in [3.05, 3.63) is 144 Å². The molecule has 0 aliphatic heterocycles. The quantitative estimate of drug-likeness (QED) is 0.127. The monoisotopic (exact) mass is 549 g/mol. The van der Waals surface area contributed by atoms with Crippen LogP contribution in [0.15, 0.2) is 138 Å². The summed E-state index contributed by atoms with van der Waals surface area (Å²) in [6, 6.07) is 44.4. The molecule has 0 fully saturated rings. The van der Waals surface area contributed by atoms with Crippen LogP contribution >= 0.6 is 0 Å². The van der Waals surface area contributed by atoms with E-state index in [0.717, 1.165) is 41.9 Å². The lowest BCUT2D eigenvalue weighted by atomic mass is 10.1. The lowest BCUT2D eigenvalue weighted by Gasteiger charge is -2.12. The number of anilines is 2. The number of hydrogen-bond donors (Lipinski definition) is 0. The van der Waals surface area contributed by atoms with E-state index in [2.05, 4.69) is 95.6 Å². The molecule has 1 aromatic heterocycles. The van der Waals surface area contributed by atoms with Crippen molar-refractivity contribution in [2.24, 2.45) is 10.2 Å². The molecule has 1 heterocycles. The SMILES string of the molecule is CN(/N=C/c1ccc2c(c1)c1cc(/C=N/N(C)c3ccccc3)ccc1n2CCCc1ccccc1)c1ccccc1. The van der Waals surface area contributed by atoms with Crippen LogP contribution in [0.1, 0.15) is 23.1 Å². The predicted octanol–water partition coefficient (Wildman–Crippen LogP) is 8.37. The third kappa shape index (κ3) is 6.11. The van der Waals surface area contributed by atoms with Crippen LogP contribution in [-0.4, -0.2) is 31.1 Å². The van der Waals surface area contributed by atoms with Gasteiger partial charge in [0.1, 0.15) is 0 Å². The fraction of sp³-hybridized carbons (Fsp3) is 0.135. The first-order valence-corrected chi connectivity index (χ1v) is 14.4. The molecular weight excluding hydrogens is 514 g/mol. The molecule has 0 aliphatic rings. The summed E-state index contributed by atoms with van der Waals surface area (Å²) in [5.74, 6) is 0. The minimum Gasteiger partial charge on any atom is -0.340 e. The fourth-order valence-electron chi connectivity index (χ4n) is 5.35. The number of para-hydroxylation sites is 2. The molecule has 6 rings (SSSR count). The van der Waals surface area contributed by atoms with E-state index >= 15 is 0 Å². The van der Waals surface area contributed by atoms with Gasteiger partial charge in [-0.3, -0.25) is 10.0 Å². The van der Waals surface area contributed by atoms with Gasteiger partial charge < -0.3 is 4.57 Å². The molecular formula is C37H35N5. The maximum absolute atomic E-state index is 4.71. The number of benzene rings is 5. The Morgan fingerprint density at radius 2 is 1.02 bits per heavy atom. The summed E-state index contributed by atoms with van der Waals surface area (Å²) in [5.41, 5.74) is 8.08. The minimum atomic E-state index is 0.948. The zero-order chi connectivity index (χ0) is 28.7. The molecule has 0 saturated heterocycles. The third-order valence-electron chi connectivity index (χ3n) is 7.62. The first kappa shape index (κ1) is 27.0. The average Bonchev–Trinajstić information content (AvgIpc) is 3.35. The van der Waals surface area contributed by atoms with E-state index in [0.29, 0.717) is 0 Å². The van der Waals surface area contributed by atoms with Crippen LogP contribution in [0.25, 0.3) is 21.8 Å². The smallest absolute Gasteiger partial charge is 0.0590 e. The van der Waals surface area contributed by atoms with Gasteiger partial charge in [-0.05, 0) is 78.1 Å². The Balaban J connectivity index is 1.33. The van der Waals surface area contributed by atoms with Crippen molar-refractivity contribution in [2.75, 3.05) is 24.1 Å². The molecule has 0 amide bonds. The number of fused-ring (bicyclic) bond motifs is 3. The zero-order valence-electron chi connectivity index (χ0n) is 24.1. The summed E-state index contributed by atoms with van der Waals surface area (Å²) >= 11 is 0. The van der Waals surface area contributed by atoms with Gasteiger partial charge in [0.2, 0.25) is 0 Å². The molecule has 0 bridgehead atoms. The van der Waals surface area contributed by atoms with Crippen LogP contribution in [0.3, 0.4) is 0 Å². The Hall–Kier alpha value is -5.16. The molecule has 5 heteroatoms. The van der Waals surface area contributed by atoms with Gasteiger partial charge in [0.05, 0.1) is 23.8 Å². The van der Waals surface area contributed by atoms with E-state index in [1.807, 2.05) is 72.9 Å². The van der Waals surface area contributed by atoms with Crippen LogP contribution < -0.4 is 10.0 Å². The molecule has 208 valence electrons. The number of aromatic nitrogens is 1. The maximum Gasteiger partial charge on any atom is 0.0590 e. The van der Waals surface area contributed by atoms with Crippen molar-refractivity contribution in [3.63, 3.8) is 0 Å². The van der Waals surface area contributed by atoms with Crippen molar-refractivity contribution < 1.29 is 0 Å². The Kier molecular flexibility index (Phi) is 8.09. The summed E-state index contributed by atoms with van der Waals surface area (Å²) in [5, 5.41) is 15.7. The third-order valence-corrected chi connectivity index (χ3v) is 7.62. The van der Waals surface area contributed by atoms with Gasteiger partial charge in [-0.1, -0.05) is 78.9 Å². The molecule has 0 atom stereocenters. The van der Waals surface area contributed by atoms with Gasteiger partial charge in [-0.25, -0.2) is 0 Å². The van der Waals surface area contributed by atoms with Crippen LogP contribution in [0, 0.1) is 0 Å². The van der Waals surface area contributed by atoms with Crippen molar-refractivity contribution >= 4 is 45.6 Å². The van der Waals surface area contributed by atoms with Crippen LogP contribution in [0.4, 0.5) is 11.4 Å². The molecule has 0 saturated carbocycles. The standard InChI is InChI=1S/C37H35N5/c1-40(32-16-8-4-9-17-32)38-27-30-20-22-36-34(25-30)35-26-31(28-39-41(2)33-18-10-5-11-19-33)21-23-37(35)42(36)24-12-15-29-13-6-3-7-14-29/h3-11,13-14,16-23,25-28H,12,15,24H2,1-2H3/b38-27+,39-28+.